The third-order valence-corrected chi connectivity index (χ3v) is 1.30. The zero-order valence-corrected chi connectivity index (χ0v) is 6.96. The fraction of sp³-hybridized carbons (Fsp3) is 0.429. The van der Waals surface area contributed by atoms with Crippen molar-refractivity contribution in [3.63, 3.8) is 0 Å². The van der Waals surface area contributed by atoms with Crippen molar-refractivity contribution >= 4 is 5.97 Å². The summed E-state index contributed by atoms with van der Waals surface area (Å²) in [5, 5.41) is 6.14. The number of esters is 1. The van der Waals surface area contributed by atoms with Gasteiger partial charge in [0, 0.05) is 0 Å². The highest BCUT2D eigenvalue weighted by atomic mass is 16.5. The van der Waals surface area contributed by atoms with Crippen LogP contribution in [0, 0.1) is 0 Å². The molecular formula is C7H10N2O3. The molecule has 0 fully saturated rings. The molecule has 0 saturated heterocycles. The summed E-state index contributed by atoms with van der Waals surface area (Å²) in [6.45, 7) is 2.07. The normalized spacial score (nSPS) is 9.50. The number of rotatable bonds is 3. The second kappa shape index (κ2) is 3.75. The Morgan fingerprint density at radius 2 is 2.50 bits per heavy atom. The number of methoxy groups -OCH3 is 1. The number of carbonyl (C=O) groups excluding carboxylic acids is 1. The lowest BCUT2D eigenvalue weighted by atomic mass is 10.4. The lowest BCUT2D eigenvalue weighted by Gasteiger charge is -2.00. The van der Waals surface area contributed by atoms with Gasteiger partial charge in [0.15, 0.2) is 11.4 Å². The summed E-state index contributed by atoms with van der Waals surface area (Å²) in [5.41, 5.74) is 0.249. The topological polar surface area (TPSA) is 64.2 Å². The second-order valence-electron chi connectivity index (χ2n) is 2.03. The van der Waals surface area contributed by atoms with Gasteiger partial charge in [-0.3, -0.25) is 5.10 Å². The lowest BCUT2D eigenvalue weighted by Crippen LogP contribution is -2.06. The minimum absolute atomic E-state index is 0.249. The molecule has 0 amide bonds. The number of hydrogen-bond donors (Lipinski definition) is 1. The van der Waals surface area contributed by atoms with E-state index in [1.54, 1.807) is 6.92 Å². The van der Waals surface area contributed by atoms with Crippen molar-refractivity contribution in [3.8, 4) is 5.75 Å². The second-order valence-corrected chi connectivity index (χ2v) is 2.03. The van der Waals surface area contributed by atoms with E-state index in [-0.39, 0.29) is 5.69 Å². The van der Waals surface area contributed by atoms with Crippen LogP contribution < -0.4 is 4.74 Å². The van der Waals surface area contributed by atoms with Gasteiger partial charge in [0.25, 0.3) is 0 Å². The smallest absolute Gasteiger partial charge is 0.360 e. The largest absolute Gasteiger partial charge is 0.493 e. The van der Waals surface area contributed by atoms with Crippen LogP contribution >= 0.6 is 0 Å². The summed E-state index contributed by atoms with van der Waals surface area (Å²) in [7, 11) is 1.47. The van der Waals surface area contributed by atoms with Gasteiger partial charge in [-0.1, -0.05) is 0 Å². The van der Waals surface area contributed by atoms with Crippen LogP contribution in [0.2, 0.25) is 0 Å². The predicted molar refractivity (Wildman–Crippen MR) is 41.1 cm³/mol. The van der Waals surface area contributed by atoms with E-state index in [9.17, 15) is 4.79 Å². The summed E-state index contributed by atoms with van der Waals surface area (Å²) >= 11 is 0. The standard InChI is InChI=1S/C7H10N2O3/c1-3-12-7(10)6-5(11-2)4-8-9-6/h4H,3H2,1-2H3,(H,8,9). The van der Waals surface area contributed by atoms with Gasteiger partial charge in [-0.2, -0.15) is 5.10 Å². The van der Waals surface area contributed by atoms with E-state index >= 15 is 0 Å². The average Bonchev–Trinajstić information content (AvgIpc) is 2.51. The molecule has 1 aromatic rings. The highest BCUT2D eigenvalue weighted by molar-refractivity contribution is 5.90. The first-order valence-electron chi connectivity index (χ1n) is 3.54. The fourth-order valence-electron chi connectivity index (χ4n) is 0.779. The summed E-state index contributed by atoms with van der Waals surface area (Å²) in [6, 6.07) is 0. The number of nitrogens with zero attached hydrogens (tertiary/aromatic N) is 1. The fourth-order valence-corrected chi connectivity index (χ4v) is 0.779. The van der Waals surface area contributed by atoms with Gasteiger partial charge in [0.05, 0.1) is 19.9 Å². The van der Waals surface area contributed by atoms with Crippen LogP contribution in [0.4, 0.5) is 0 Å². The minimum Gasteiger partial charge on any atom is -0.493 e. The molecule has 0 aliphatic carbocycles. The molecule has 5 heteroatoms. The van der Waals surface area contributed by atoms with Crippen LogP contribution in [0.25, 0.3) is 0 Å². The molecular weight excluding hydrogens is 160 g/mol. The molecule has 1 N–H and O–H groups in total. The summed E-state index contributed by atoms with van der Waals surface area (Å²) in [4.78, 5) is 11.1. The number of hydrogen-bond acceptors (Lipinski definition) is 4. The molecule has 66 valence electrons. The molecule has 0 atom stereocenters. The first-order valence-corrected chi connectivity index (χ1v) is 3.54. The summed E-state index contributed by atoms with van der Waals surface area (Å²) < 4.78 is 9.60. The molecule has 1 aromatic heterocycles. The number of ether oxygens (including phenoxy) is 2. The highest BCUT2D eigenvalue weighted by Gasteiger charge is 2.14. The van der Waals surface area contributed by atoms with E-state index in [1.807, 2.05) is 0 Å². The number of carbonyl (C=O) groups is 1. The zero-order chi connectivity index (χ0) is 8.97. The highest BCUT2D eigenvalue weighted by Crippen LogP contribution is 2.14. The molecule has 0 unspecified atom stereocenters. The maximum atomic E-state index is 11.1. The third kappa shape index (κ3) is 1.55. The zero-order valence-electron chi connectivity index (χ0n) is 6.96. The number of H-pyrrole nitrogens is 1. The van der Waals surface area contributed by atoms with Crippen LogP contribution in [-0.4, -0.2) is 29.9 Å². The summed E-state index contributed by atoms with van der Waals surface area (Å²) in [5.74, 6) is -0.0553. The van der Waals surface area contributed by atoms with Crippen LogP contribution in [0.5, 0.6) is 5.75 Å². The molecule has 0 saturated carbocycles. The monoisotopic (exact) mass is 170 g/mol. The van der Waals surface area contributed by atoms with Crippen LogP contribution in [0.1, 0.15) is 17.4 Å². The maximum absolute atomic E-state index is 11.1. The molecule has 5 nitrogen and oxygen atoms in total. The number of aromatic nitrogens is 2. The molecule has 12 heavy (non-hydrogen) atoms. The van der Waals surface area contributed by atoms with E-state index in [4.69, 9.17) is 9.47 Å². The van der Waals surface area contributed by atoms with Gasteiger partial charge in [-0.15, -0.1) is 0 Å². The first kappa shape index (κ1) is 8.58. The van der Waals surface area contributed by atoms with Gasteiger partial charge in [-0.05, 0) is 6.92 Å². The molecule has 0 aliphatic rings. The molecule has 0 aromatic carbocycles. The first-order chi connectivity index (χ1) is 5.79. The van der Waals surface area contributed by atoms with Crippen LogP contribution in [0.3, 0.4) is 0 Å². The Bertz CT molecular complexity index is 269. The van der Waals surface area contributed by atoms with Gasteiger partial charge in [-0.25, -0.2) is 4.79 Å². The number of aromatic amines is 1. The predicted octanol–water partition coefficient (Wildman–Crippen LogP) is 0.595. The molecule has 0 spiro atoms. The van der Waals surface area contributed by atoms with Gasteiger partial charge >= 0.3 is 5.97 Å². The van der Waals surface area contributed by atoms with Gasteiger partial charge < -0.3 is 9.47 Å². The van der Waals surface area contributed by atoms with Crippen molar-refractivity contribution < 1.29 is 14.3 Å². The van der Waals surface area contributed by atoms with Crippen molar-refractivity contribution in [2.24, 2.45) is 0 Å². The van der Waals surface area contributed by atoms with E-state index in [1.165, 1.54) is 13.3 Å². The lowest BCUT2D eigenvalue weighted by molar-refractivity contribution is 0.0516. The molecule has 1 rings (SSSR count). The van der Waals surface area contributed by atoms with E-state index in [0.29, 0.717) is 12.4 Å². The van der Waals surface area contributed by atoms with Gasteiger partial charge in [0.1, 0.15) is 0 Å². The van der Waals surface area contributed by atoms with Crippen molar-refractivity contribution in [1.82, 2.24) is 10.2 Å². The SMILES string of the molecule is CCOC(=O)c1[nH]ncc1OC. The Balaban J connectivity index is 2.79. The van der Waals surface area contributed by atoms with Gasteiger partial charge in [0.2, 0.25) is 0 Å². The van der Waals surface area contributed by atoms with Crippen LogP contribution in [-0.2, 0) is 4.74 Å². The average molecular weight is 170 g/mol. The number of nitrogens with one attached hydrogen (secondary N) is 1. The van der Waals surface area contributed by atoms with Crippen molar-refractivity contribution in [2.45, 2.75) is 6.92 Å². The quantitative estimate of drug-likeness (QED) is 0.674. The molecule has 0 bridgehead atoms. The maximum Gasteiger partial charge on any atom is 0.360 e. The minimum atomic E-state index is -0.452. The molecule has 1 heterocycles. The van der Waals surface area contributed by atoms with Crippen molar-refractivity contribution in [1.29, 1.82) is 0 Å². The van der Waals surface area contributed by atoms with E-state index in [2.05, 4.69) is 10.2 Å². The Labute approximate surface area is 69.7 Å². The Hall–Kier alpha value is -1.52. The molecule has 0 aliphatic heterocycles. The Kier molecular flexibility index (Phi) is 2.68. The summed E-state index contributed by atoms with van der Waals surface area (Å²) in [6.07, 6.45) is 1.42. The Morgan fingerprint density at radius 3 is 3.08 bits per heavy atom. The van der Waals surface area contributed by atoms with E-state index < -0.39 is 5.97 Å². The molecule has 0 radical (unpaired) electrons. The van der Waals surface area contributed by atoms with Crippen molar-refractivity contribution in [3.05, 3.63) is 11.9 Å². The van der Waals surface area contributed by atoms with Crippen molar-refractivity contribution in [2.75, 3.05) is 13.7 Å². The third-order valence-electron chi connectivity index (χ3n) is 1.30. The van der Waals surface area contributed by atoms with Crippen LogP contribution in [0.15, 0.2) is 6.20 Å². The van der Waals surface area contributed by atoms with E-state index in [0.717, 1.165) is 0 Å². The Morgan fingerprint density at radius 1 is 1.75 bits per heavy atom.